The Morgan fingerprint density at radius 1 is 1.29 bits per heavy atom. The van der Waals surface area contributed by atoms with Crippen LogP contribution in [0.2, 0.25) is 0 Å². The molecule has 0 aromatic carbocycles. The number of aromatic nitrogens is 1. The second-order valence-electron chi connectivity index (χ2n) is 8.13. The second kappa shape index (κ2) is 12.5. The van der Waals surface area contributed by atoms with Gasteiger partial charge in [-0.3, -0.25) is 0 Å². The molecule has 2 rings (SSSR count). The number of alkyl halides is 3. The molecule has 0 amide bonds. The third kappa shape index (κ3) is 7.27. The van der Waals surface area contributed by atoms with E-state index in [0.717, 1.165) is 29.8 Å². The normalized spacial score (nSPS) is 19.7. The monoisotopic (exact) mass is 476 g/mol. The zero-order valence-electron chi connectivity index (χ0n) is 20.9. The molecule has 0 radical (unpaired) electrons. The van der Waals surface area contributed by atoms with E-state index in [9.17, 15) is 13.2 Å². The molecule has 0 N–H and O–H groups in total. The number of rotatable bonds is 9. The van der Waals surface area contributed by atoms with E-state index in [1.165, 1.54) is 12.2 Å². The van der Waals surface area contributed by atoms with Crippen LogP contribution in [0.25, 0.3) is 0 Å². The van der Waals surface area contributed by atoms with Crippen LogP contribution < -0.4 is 9.47 Å². The molecule has 1 aromatic rings. The molecule has 0 saturated carbocycles. The van der Waals surface area contributed by atoms with Crippen LogP contribution in [0.4, 0.5) is 13.2 Å². The SMILES string of the molecule is C\C=C/C(=C\C(=C\CC)C(F)(F)F)C(/C=C1/C(Oc2ccnc(OC)c2)CCN1C)=C(C)CC. The van der Waals surface area contributed by atoms with Crippen molar-refractivity contribution in [3.63, 3.8) is 0 Å². The van der Waals surface area contributed by atoms with E-state index in [-0.39, 0.29) is 6.10 Å². The number of likely N-dealkylation sites (tertiary alicyclic amines) is 1. The van der Waals surface area contributed by atoms with Gasteiger partial charge in [0.1, 0.15) is 11.9 Å². The van der Waals surface area contributed by atoms with Gasteiger partial charge in [0.25, 0.3) is 0 Å². The molecule has 1 aliphatic heterocycles. The zero-order chi connectivity index (χ0) is 25.3. The van der Waals surface area contributed by atoms with Crippen LogP contribution >= 0.6 is 0 Å². The largest absolute Gasteiger partial charge is 0.484 e. The van der Waals surface area contributed by atoms with Crippen LogP contribution in [0.3, 0.4) is 0 Å². The van der Waals surface area contributed by atoms with E-state index < -0.39 is 11.7 Å². The van der Waals surface area contributed by atoms with Gasteiger partial charge in [0.2, 0.25) is 5.88 Å². The van der Waals surface area contributed by atoms with E-state index in [1.54, 1.807) is 51.4 Å². The fraction of sp³-hybridized carbons (Fsp3) is 0.444. The number of allylic oxidation sites excluding steroid dienone is 9. The Kier molecular flexibility index (Phi) is 10.0. The van der Waals surface area contributed by atoms with Crippen LogP contribution in [-0.4, -0.2) is 42.9 Å². The van der Waals surface area contributed by atoms with Gasteiger partial charge < -0.3 is 14.4 Å². The van der Waals surface area contributed by atoms with Crippen molar-refractivity contribution in [1.82, 2.24) is 9.88 Å². The number of ether oxygens (including phenoxy) is 2. The lowest BCUT2D eigenvalue weighted by Gasteiger charge is -2.21. The molecule has 7 heteroatoms. The van der Waals surface area contributed by atoms with Crippen LogP contribution in [0.15, 0.2) is 76.7 Å². The number of hydrogen-bond donors (Lipinski definition) is 0. The van der Waals surface area contributed by atoms with E-state index >= 15 is 0 Å². The van der Waals surface area contributed by atoms with Crippen LogP contribution in [0.1, 0.15) is 47.0 Å². The molecule has 0 aliphatic carbocycles. The minimum absolute atomic E-state index is 0.239. The molecule has 4 nitrogen and oxygen atoms in total. The van der Waals surface area contributed by atoms with Gasteiger partial charge in [-0.15, -0.1) is 0 Å². The summed E-state index contributed by atoms with van der Waals surface area (Å²) in [5.41, 5.74) is 2.58. The van der Waals surface area contributed by atoms with Crippen molar-refractivity contribution in [2.75, 3.05) is 20.7 Å². The Morgan fingerprint density at radius 3 is 2.62 bits per heavy atom. The molecule has 1 saturated heterocycles. The van der Waals surface area contributed by atoms with Gasteiger partial charge in [0.05, 0.1) is 18.4 Å². The van der Waals surface area contributed by atoms with Gasteiger partial charge in [0.15, 0.2) is 0 Å². The second-order valence-corrected chi connectivity index (χ2v) is 8.13. The van der Waals surface area contributed by atoms with Gasteiger partial charge in [-0.05, 0) is 56.1 Å². The molecule has 0 spiro atoms. The van der Waals surface area contributed by atoms with E-state index in [4.69, 9.17) is 9.47 Å². The van der Waals surface area contributed by atoms with Crippen LogP contribution in [-0.2, 0) is 0 Å². The van der Waals surface area contributed by atoms with Gasteiger partial charge in [-0.2, -0.15) is 13.2 Å². The summed E-state index contributed by atoms with van der Waals surface area (Å²) in [6.07, 6.45) is 6.68. The molecule has 1 unspecified atom stereocenters. The summed E-state index contributed by atoms with van der Waals surface area (Å²) in [4.78, 5) is 6.20. The molecule has 1 fully saturated rings. The summed E-state index contributed by atoms with van der Waals surface area (Å²) in [6, 6.07) is 3.49. The highest BCUT2D eigenvalue weighted by Crippen LogP contribution is 2.33. The van der Waals surface area contributed by atoms with Gasteiger partial charge in [-0.1, -0.05) is 37.6 Å². The number of nitrogens with zero attached hydrogens (tertiary/aromatic N) is 2. The molecule has 1 aromatic heterocycles. The Bertz CT molecular complexity index is 988. The first-order valence-electron chi connectivity index (χ1n) is 11.6. The topological polar surface area (TPSA) is 34.6 Å². The molecule has 1 aliphatic rings. The van der Waals surface area contributed by atoms with Crippen LogP contribution in [0, 0.1) is 0 Å². The standard InChI is InChI=1S/C27H35F3N2O2/c1-7-10-20(16-21(11-8-2)27(28,29)30)23(19(4)9-3)18-24-25(13-15-32(24)5)34-22-12-14-31-26(17-22)33-6/h7,10-12,14,16-18,25H,8-9,13,15H2,1-6H3/b10-7-,20-16+,21-11-,23-19?,24-18-. The molecule has 34 heavy (non-hydrogen) atoms. The van der Waals surface area contributed by atoms with Gasteiger partial charge in [0, 0.05) is 32.3 Å². The van der Waals surface area contributed by atoms with Gasteiger partial charge >= 0.3 is 6.18 Å². The summed E-state index contributed by atoms with van der Waals surface area (Å²) in [5.74, 6) is 1.09. The van der Waals surface area contributed by atoms with Gasteiger partial charge in [-0.25, -0.2) is 4.98 Å². The summed E-state index contributed by atoms with van der Waals surface area (Å²) in [7, 11) is 3.51. The third-order valence-corrected chi connectivity index (χ3v) is 5.69. The first kappa shape index (κ1) is 27.3. The maximum absolute atomic E-state index is 13.7. The maximum atomic E-state index is 13.7. The smallest absolute Gasteiger partial charge is 0.416 e. The number of likely N-dealkylation sites (N-methyl/N-ethyl adjacent to an activating group) is 1. The average Bonchev–Trinajstić information content (AvgIpc) is 3.14. The number of hydrogen-bond acceptors (Lipinski definition) is 4. The first-order valence-corrected chi connectivity index (χ1v) is 11.6. The fourth-order valence-electron chi connectivity index (χ4n) is 3.73. The predicted molar refractivity (Wildman–Crippen MR) is 131 cm³/mol. The molecule has 1 atom stereocenters. The molecule has 186 valence electrons. The van der Waals surface area contributed by atoms with E-state index in [1.807, 2.05) is 27.0 Å². The molecule has 2 heterocycles. The summed E-state index contributed by atoms with van der Waals surface area (Å²) < 4.78 is 52.5. The summed E-state index contributed by atoms with van der Waals surface area (Å²) in [6.45, 7) is 8.25. The van der Waals surface area contributed by atoms with Crippen molar-refractivity contribution in [3.05, 3.63) is 76.7 Å². The van der Waals surface area contributed by atoms with Crippen molar-refractivity contribution in [1.29, 1.82) is 0 Å². The van der Waals surface area contributed by atoms with Crippen LogP contribution in [0.5, 0.6) is 11.6 Å². The maximum Gasteiger partial charge on any atom is 0.416 e. The highest BCUT2D eigenvalue weighted by atomic mass is 19.4. The van der Waals surface area contributed by atoms with Crippen molar-refractivity contribution in [2.45, 2.75) is 59.2 Å². The Labute approximate surface area is 201 Å². The van der Waals surface area contributed by atoms with Crippen molar-refractivity contribution >= 4 is 0 Å². The Morgan fingerprint density at radius 2 is 2.03 bits per heavy atom. The highest BCUT2D eigenvalue weighted by molar-refractivity contribution is 5.53. The minimum Gasteiger partial charge on any atom is -0.484 e. The average molecular weight is 477 g/mol. The first-order chi connectivity index (χ1) is 16.1. The number of halogens is 3. The lowest BCUT2D eigenvalue weighted by Crippen LogP contribution is -2.20. The zero-order valence-corrected chi connectivity index (χ0v) is 20.9. The predicted octanol–water partition coefficient (Wildman–Crippen LogP) is 7.18. The molecular weight excluding hydrogens is 441 g/mol. The third-order valence-electron chi connectivity index (χ3n) is 5.69. The van der Waals surface area contributed by atoms with E-state index in [2.05, 4.69) is 9.88 Å². The molecule has 0 bridgehead atoms. The number of methoxy groups -OCH3 is 1. The minimum atomic E-state index is -4.42. The van der Waals surface area contributed by atoms with E-state index in [0.29, 0.717) is 30.0 Å². The Balaban J connectivity index is 2.56. The van der Waals surface area contributed by atoms with Crippen molar-refractivity contribution in [2.24, 2.45) is 0 Å². The Hall–Kier alpha value is -2.96. The van der Waals surface area contributed by atoms with Crippen molar-refractivity contribution < 1.29 is 22.6 Å². The van der Waals surface area contributed by atoms with Crippen molar-refractivity contribution in [3.8, 4) is 11.6 Å². The highest BCUT2D eigenvalue weighted by Gasteiger charge is 2.32. The lowest BCUT2D eigenvalue weighted by molar-refractivity contribution is -0.0884. The quantitative estimate of drug-likeness (QED) is 0.354. The lowest BCUT2D eigenvalue weighted by atomic mass is 9.94. The fourth-order valence-corrected chi connectivity index (χ4v) is 3.73. The summed E-state index contributed by atoms with van der Waals surface area (Å²) in [5, 5.41) is 0. The summed E-state index contributed by atoms with van der Waals surface area (Å²) >= 11 is 0. The molecular formula is C27H35F3N2O2. The number of pyridine rings is 1.